The number of aliphatic hydroxyl groups excluding tert-OH is 2. The lowest BCUT2D eigenvalue weighted by atomic mass is 9.56. The third-order valence-corrected chi connectivity index (χ3v) is 7.34. The van der Waals surface area contributed by atoms with Crippen LogP contribution in [0.2, 0.25) is 0 Å². The average molecular weight is 457 g/mol. The number of rotatable bonds is 10. The van der Waals surface area contributed by atoms with Gasteiger partial charge >= 0.3 is 5.97 Å². The molecule has 0 aromatic carbocycles. The van der Waals surface area contributed by atoms with E-state index < -0.39 is 59.3 Å². The summed E-state index contributed by atoms with van der Waals surface area (Å²) in [5.41, 5.74) is -2.92. The lowest BCUT2D eigenvalue weighted by Crippen LogP contribution is -2.66. The third-order valence-electron chi connectivity index (χ3n) is 7.34. The zero-order valence-electron chi connectivity index (χ0n) is 20.1. The first-order valence-electron chi connectivity index (χ1n) is 11.7. The Kier molecular flexibility index (Phi) is 8.64. The van der Waals surface area contributed by atoms with Crippen LogP contribution in [0.15, 0.2) is 0 Å². The number of hydrogen-bond donors (Lipinski definition) is 3. The quantitative estimate of drug-likeness (QED) is 0.335. The molecular weight excluding hydrogens is 416 g/mol. The van der Waals surface area contributed by atoms with Crippen molar-refractivity contribution in [3.05, 3.63) is 0 Å². The van der Waals surface area contributed by atoms with E-state index >= 15 is 0 Å². The maximum atomic E-state index is 12.5. The third kappa shape index (κ3) is 5.08. The zero-order valence-corrected chi connectivity index (χ0v) is 20.1. The molecule has 1 aliphatic heterocycles. The second-order valence-electron chi connectivity index (χ2n) is 10.3. The summed E-state index contributed by atoms with van der Waals surface area (Å²) in [7, 11) is 0. The molecule has 0 aromatic heterocycles. The molecular formula is C24H40O8. The Morgan fingerprint density at radius 2 is 1.91 bits per heavy atom. The van der Waals surface area contributed by atoms with Crippen molar-refractivity contribution in [2.45, 2.75) is 109 Å². The van der Waals surface area contributed by atoms with Crippen molar-refractivity contribution in [3.8, 4) is 0 Å². The van der Waals surface area contributed by atoms with Crippen LogP contribution in [0.1, 0.15) is 73.6 Å². The van der Waals surface area contributed by atoms with E-state index in [0.29, 0.717) is 6.42 Å². The molecule has 8 heteroatoms. The van der Waals surface area contributed by atoms with Crippen LogP contribution in [-0.4, -0.2) is 69.0 Å². The molecule has 1 heterocycles. The van der Waals surface area contributed by atoms with Crippen molar-refractivity contribution in [3.63, 3.8) is 0 Å². The first-order chi connectivity index (χ1) is 14.8. The highest BCUT2D eigenvalue weighted by atomic mass is 16.6. The van der Waals surface area contributed by atoms with Crippen molar-refractivity contribution < 1.29 is 39.2 Å². The van der Waals surface area contributed by atoms with Gasteiger partial charge in [-0.25, -0.2) is 0 Å². The minimum absolute atomic E-state index is 0.0219. The van der Waals surface area contributed by atoms with Crippen molar-refractivity contribution in [1.82, 2.24) is 0 Å². The van der Waals surface area contributed by atoms with E-state index in [1.54, 1.807) is 6.92 Å². The molecule has 0 bridgehead atoms. The second kappa shape index (κ2) is 10.3. The van der Waals surface area contributed by atoms with Crippen LogP contribution in [0.4, 0.5) is 0 Å². The first-order valence-corrected chi connectivity index (χ1v) is 11.7. The second-order valence-corrected chi connectivity index (χ2v) is 10.3. The van der Waals surface area contributed by atoms with Gasteiger partial charge in [0, 0.05) is 31.1 Å². The molecule has 1 aliphatic carbocycles. The Morgan fingerprint density at radius 1 is 1.28 bits per heavy atom. The molecule has 0 amide bonds. The highest BCUT2D eigenvalue weighted by molar-refractivity contribution is 5.76. The number of aliphatic hydroxyl groups is 3. The number of carbonyl (C=O) groups excluding carboxylic acids is 3. The fraction of sp³-hybridized carbons (Fsp3) is 0.875. The topological polar surface area (TPSA) is 130 Å². The maximum Gasteiger partial charge on any atom is 0.306 e. The standard InChI is InChI=1S/C24H40O8/c1-7-9-16(27)32-23(5,10-8-11-25)22-18-17(13(2)3)20(28)21(29)24(6,30)19(18)15(31-22)12-14(4)26/h11,13,15,17-22,28-30H,7-10,12H2,1-6H3/t15-,17-,18-,19-,20+,21-,22?,23-,24+/m1/s1. The molecule has 0 radical (unpaired) electrons. The number of hydrogen-bond acceptors (Lipinski definition) is 8. The minimum atomic E-state index is -1.72. The summed E-state index contributed by atoms with van der Waals surface area (Å²) in [5.74, 6) is -2.28. The van der Waals surface area contributed by atoms with Gasteiger partial charge in [-0.2, -0.15) is 0 Å². The molecule has 0 spiro atoms. The summed E-state index contributed by atoms with van der Waals surface area (Å²) < 4.78 is 12.3. The summed E-state index contributed by atoms with van der Waals surface area (Å²) in [6.45, 7) is 10.3. The van der Waals surface area contributed by atoms with E-state index in [4.69, 9.17) is 9.47 Å². The molecule has 1 saturated heterocycles. The summed E-state index contributed by atoms with van der Waals surface area (Å²) in [5, 5.41) is 33.1. The lowest BCUT2D eigenvalue weighted by Gasteiger charge is -2.53. The van der Waals surface area contributed by atoms with E-state index in [9.17, 15) is 29.7 Å². The normalized spacial score (nSPS) is 38.8. The van der Waals surface area contributed by atoms with Gasteiger partial charge in [-0.3, -0.25) is 9.59 Å². The SMILES string of the molecule is CCCC(=O)O[C@](C)(CCC=O)C1O[C@H](CC(C)=O)[C@@H]2[C@H]1[C@@H](C(C)C)[C@H](O)[C@@H](O)[C@@]2(C)O. The van der Waals surface area contributed by atoms with Crippen molar-refractivity contribution in [2.75, 3.05) is 0 Å². The predicted molar refractivity (Wildman–Crippen MR) is 117 cm³/mol. The van der Waals surface area contributed by atoms with Gasteiger partial charge < -0.3 is 29.6 Å². The molecule has 9 atom stereocenters. The molecule has 1 saturated carbocycles. The van der Waals surface area contributed by atoms with Gasteiger partial charge in [-0.1, -0.05) is 20.8 Å². The van der Waals surface area contributed by atoms with Crippen LogP contribution < -0.4 is 0 Å². The summed E-state index contributed by atoms with van der Waals surface area (Å²) in [4.78, 5) is 35.7. The van der Waals surface area contributed by atoms with Crippen LogP contribution in [0, 0.1) is 23.7 Å². The maximum absolute atomic E-state index is 12.5. The predicted octanol–water partition coefficient (Wildman–Crippen LogP) is 1.80. The van der Waals surface area contributed by atoms with Gasteiger partial charge in [0.05, 0.1) is 17.8 Å². The van der Waals surface area contributed by atoms with Gasteiger partial charge in [0.2, 0.25) is 0 Å². The highest BCUT2D eigenvalue weighted by Gasteiger charge is 2.67. The number of Topliss-reactive ketones (excluding diaryl/α,β-unsaturated/α-hetero) is 1. The van der Waals surface area contributed by atoms with Gasteiger partial charge in [0.1, 0.15) is 29.9 Å². The Bertz CT molecular complexity index is 689. The van der Waals surface area contributed by atoms with Gasteiger partial charge in [0.25, 0.3) is 0 Å². The van der Waals surface area contributed by atoms with Gasteiger partial charge in [-0.05, 0) is 45.4 Å². The Morgan fingerprint density at radius 3 is 2.41 bits per heavy atom. The molecule has 8 nitrogen and oxygen atoms in total. The monoisotopic (exact) mass is 456 g/mol. The summed E-state index contributed by atoms with van der Waals surface area (Å²) in [6.07, 6.45) is -2.21. The molecule has 3 N–H and O–H groups in total. The number of carbonyl (C=O) groups is 3. The van der Waals surface area contributed by atoms with E-state index in [-0.39, 0.29) is 37.4 Å². The van der Waals surface area contributed by atoms with E-state index in [1.165, 1.54) is 13.8 Å². The molecule has 32 heavy (non-hydrogen) atoms. The molecule has 2 fully saturated rings. The van der Waals surface area contributed by atoms with Crippen molar-refractivity contribution in [2.24, 2.45) is 23.7 Å². The molecule has 2 aliphatic rings. The number of ketones is 1. The Balaban J connectivity index is 2.61. The van der Waals surface area contributed by atoms with Crippen LogP contribution in [0.25, 0.3) is 0 Å². The summed E-state index contributed by atoms with van der Waals surface area (Å²) >= 11 is 0. The van der Waals surface area contributed by atoms with E-state index in [0.717, 1.165) is 6.29 Å². The molecule has 2 rings (SSSR count). The van der Waals surface area contributed by atoms with Crippen molar-refractivity contribution in [1.29, 1.82) is 0 Å². The van der Waals surface area contributed by atoms with E-state index in [1.807, 2.05) is 20.8 Å². The molecule has 184 valence electrons. The zero-order chi connectivity index (χ0) is 24.4. The van der Waals surface area contributed by atoms with Crippen LogP contribution in [0.5, 0.6) is 0 Å². The summed E-state index contributed by atoms with van der Waals surface area (Å²) in [6, 6.07) is 0. The first kappa shape index (κ1) is 26.9. The molecule has 1 unspecified atom stereocenters. The van der Waals surface area contributed by atoms with Crippen LogP contribution in [0.3, 0.4) is 0 Å². The number of esters is 1. The smallest absolute Gasteiger partial charge is 0.306 e. The van der Waals surface area contributed by atoms with Gasteiger partial charge in [0.15, 0.2) is 0 Å². The Hall–Kier alpha value is -1.35. The van der Waals surface area contributed by atoms with Crippen molar-refractivity contribution >= 4 is 18.0 Å². The lowest BCUT2D eigenvalue weighted by molar-refractivity contribution is -0.220. The highest BCUT2D eigenvalue weighted by Crippen LogP contribution is 2.56. The van der Waals surface area contributed by atoms with Crippen LogP contribution in [-0.2, 0) is 23.9 Å². The van der Waals surface area contributed by atoms with Gasteiger partial charge in [-0.15, -0.1) is 0 Å². The van der Waals surface area contributed by atoms with E-state index in [2.05, 4.69) is 0 Å². The average Bonchev–Trinajstić information content (AvgIpc) is 3.04. The fourth-order valence-electron chi connectivity index (χ4n) is 5.95. The number of aldehydes is 1. The molecule has 0 aromatic rings. The number of ether oxygens (including phenoxy) is 2. The fourth-order valence-corrected chi connectivity index (χ4v) is 5.95. The largest absolute Gasteiger partial charge is 0.457 e. The number of fused-ring (bicyclic) bond motifs is 1. The van der Waals surface area contributed by atoms with Crippen LogP contribution >= 0.6 is 0 Å². The minimum Gasteiger partial charge on any atom is -0.457 e. The Labute approximate surface area is 190 Å².